The lowest BCUT2D eigenvalue weighted by atomic mass is 9.99. The van der Waals surface area contributed by atoms with Crippen molar-refractivity contribution in [2.45, 2.75) is 38.4 Å². The molecule has 2 fully saturated rings. The number of benzene rings is 1. The summed E-state index contributed by atoms with van der Waals surface area (Å²) in [6.07, 6.45) is 5.06. The first-order valence-electron chi connectivity index (χ1n) is 10.6. The molecule has 0 bridgehead atoms. The predicted octanol–water partition coefficient (Wildman–Crippen LogP) is 1.47. The minimum atomic E-state index is -0.278. The molecule has 2 amide bonds. The first-order chi connectivity index (χ1) is 14.6. The Kier molecular flexibility index (Phi) is 6.28. The highest BCUT2D eigenvalue weighted by Crippen LogP contribution is 2.21. The lowest BCUT2D eigenvalue weighted by molar-refractivity contribution is -0.135. The molecule has 7 heteroatoms. The van der Waals surface area contributed by atoms with Crippen LogP contribution in [0.2, 0.25) is 0 Å². The van der Waals surface area contributed by atoms with E-state index in [4.69, 9.17) is 0 Å². The molecule has 1 aromatic carbocycles. The van der Waals surface area contributed by atoms with Crippen LogP contribution in [0.25, 0.3) is 0 Å². The Balaban J connectivity index is 1.38. The Labute approximate surface area is 176 Å². The number of hydrogen-bond donors (Lipinski definition) is 1. The van der Waals surface area contributed by atoms with E-state index in [-0.39, 0.29) is 23.9 Å². The summed E-state index contributed by atoms with van der Waals surface area (Å²) in [5.74, 6) is -0.333. The molecule has 0 radical (unpaired) electrons. The van der Waals surface area contributed by atoms with Crippen LogP contribution in [0.4, 0.5) is 0 Å². The Hall–Kier alpha value is -2.93. The Bertz CT molecular complexity index is 956. The number of piperazine rings is 1. The monoisotopic (exact) mass is 408 g/mol. The number of amides is 2. The van der Waals surface area contributed by atoms with Crippen molar-refractivity contribution in [3.8, 4) is 0 Å². The van der Waals surface area contributed by atoms with Gasteiger partial charge in [-0.2, -0.15) is 0 Å². The molecule has 1 aromatic heterocycles. The zero-order valence-corrected chi connectivity index (χ0v) is 17.1. The van der Waals surface area contributed by atoms with Crippen molar-refractivity contribution in [3.05, 3.63) is 70.1 Å². The normalized spacial score (nSPS) is 19.2. The SMILES string of the molecule is O=C(NCc1ccccc1)c1ccc(=O)n(CC(=O)N2CCN3CCCC[C@H]3C2)c1. The third-order valence-corrected chi connectivity index (χ3v) is 6.04. The average molecular weight is 409 g/mol. The maximum Gasteiger partial charge on any atom is 0.253 e. The number of piperidine rings is 1. The van der Waals surface area contributed by atoms with Crippen molar-refractivity contribution < 1.29 is 9.59 Å². The smallest absolute Gasteiger partial charge is 0.253 e. The van der Waals surface area contributed by atoms with Crippen molar-refractivity contribution in [2.75, 3.05) is 26.2 Å². The van der Waals surface area contributed by atoms with Crippen molar-refractivity contribution in [1.82, 2.24) is 19.7 Å². The molecule has 158 valence electrons. The zero-order valence-electron chi connectivity index (χ0n) is 17.1. The maximum atomic E-state index is 12.8. The van der Waals surface area contributed by atoms with Gasteiger partial charge in [0.1, 0.15) is 6.54 Å². The van der Waals surface area contributed by atoms with Crippen molar-refractivity contribution in [3.63, 3.8) is 0 Å². The number of nitrogens with zero attached hydrogens (tertiary/aromatic N) is 3. The molecule has 7 nitrogen and oxygen atoms in total. The molecule has 2 aliphatic heterocycles. The van der Waals surface area contributed by atoms with Crippen LogP contribution in [0.1, 0.15) is 35.2 Å². The maximum absolute atomic E-state index is 12.8. The first-order valence-corrected chi connectivity index (χ1v) is 10.6. The summed E-state index contributed by atoms with van der Waals surface area (Å²) in [6.45, 7) is 3.81. The number of fused-ring (bicyclic) bond motifs is 1. The third-order valence-electron chi connectivity index (χ3n) is 6.04. The van der Waals surface area contributed by atoms with Gasteiger partial charge in [-0.3, -0.25) is 19.3 Å². The minimum Gasteiger partial charge on any atom is -0.348 e. The second-order valence-corrected chi connectivity index (χ2v) is 8.08. The molecule has 0 saturated carbocycles. The summed E-state index contributed by atoms with van der Waals surface area (Å²) in [4.78, 5) is 41.9. The van der Waals surface area contributed by atoms with Crippen LogP contribution in [0, 0.1) is 0 Å². The van der Waals surface area contributed by atoms with Gasteiger partial charge in [0, 0.05) is 44.5 Å². The van der Waals surface area contributed by atoms with E-state index in [0.29, 0.717) is 24.7 Å². The molecule has 2 saturated heterocycles. The van der Waals surface area contributed by atoms with Crippen LogP contribution < -0.4 is 10.9 Å². The Morgan fingerprint density at radius 2 is 1.83 bits per heavy atom. The van der Waals surface area contributed by atoms with Gasteiger partial charge in [-0.25, -0.2) is 0 Å². The van der Waals surface area contributed by atoms with E-state index >= 15 is 0 Å². The van der Waals surface area contributed by atoms with Gasteiger partial charge in [0.15, 0.2) is 0 Å². The molecule has 2 aromatic rings. The molecular weight excluding hydrogens is 380 g/mol. The van der Waals surface area contributed by atoms with Crippen molar-refractivity contribution >= 4 is 11.8 Å². The molecule has 4 rings (SSSR count). The Morgan fingerprint density at radius 1 is 1.00 bits per heavy atom. The average Bonchev–Trinajstić information content (AvgIpc) is 2.79. The summed E-state index contributed by atoms with van der Waals surface area (Å²) in [5, 5.41) is 2.85. The second kappa shape index (κ2) is 9.26. The van der Waals surface area contributed by atoms with Crippen LogP contribution >= 0.6 is 0 Å². The fourth-order valence-corrected chi connectivity index (χ4v) is 4.30. The second-order valence-electron chi connectivity index (χ2n) is 8.08. The van der Waals surface area contributed by atoms with Gasteiger partial charge in [-0.05, 0) is 31.0 Å². The molecule has 2 aliphatic rings. The van der Waals surface area contributed by atoms with Crippen molar-refractivity contribution in [1.29, 1.82) is 0 Å². The topological polar surface area (TPSA) is 74.6 Å². The largest absolute Gasteiger partial charge is 0.348 e. The third kappa shape index (κ3) is 4.79. The lowest BCUT2D eigenvalue weighted by Gasteiger charge is -2.44. The van der Waals surface area contributed by atoms with Gasteiger partial charge in [-0.1, -0.05) is 36.8 Å². The highest BCUT2D eigenvalue weighted by molar-refractivity contribution is 5.93. The van der Waals surface area contributed by atoms with E-state index in [1.165, 1.54) is 35.7 Å². The van der Waals surface area contributed by atoms with Gasteiger partial charge in [-0.15, -0.1) is 0 Å². The number of nitrogens with one attached hydrogen (secondary N) is 1. The quantitative estimate of drug-likeness (QED) is 0.813. The Morgan fingerprint density at radius 3 is 2.67 bits per heavy atom. The molecule has 1 N–H and O–H groups in total. The molecule has 3 heterocycles. The molecule has 30 heavy (non-hydrogen) atoms. The lowest BCUT2D eigenvalue weighted by Crippen LogP contribution is -2.56. The number of aromatic nitrogens is 1. The van der Waals surface area contributed by atoms with E-state index in [0.717, 1.165) is 31.6 Å². The van der Waals surface area contributed by atoms with Crippen LogP contribution in [0.15, 0.2) is 53.5 Å². The van der Waals surface area contributed by atoms with Crippen LogP contribution in [0.3, 0.4) is 0 Å². The molecule has 1 atom stereocenters. The standard InChI is InChI=1S/C23H28N4O3/c28-21-10-9-19(23(30)24-14-18-6-2-1-3-7-18)15-27(21)17-22(29)26-13-12-25-11-5-4-8-20(25)16-26/h1-3,6-7,9-10,15,20H,4-5,8,11-14,16-17H2,(H,24,30)/t20-/m0/s1. The number of hydrogen-bond acceptors (Lipinski definition) is 4. The van der Waals surface area contributed by atoms with Gasteiger partial charge in [0.05, 0.1) is 5.56 Å². The predicted molar refractivity (Wildman–Crippen MR) is 114 cm³/mol. The van der Waals surface area contributed by atoms with E-state index in [2.05, 4.69) is 10.2 Å². The van der Waals surface area contributed by atoms with Crippen LogP contribution in [-0.2, 0) is 17.9 Å². The van der Waals surface area contributed by atoms with Crippen LogP contribution in [-0.4, -0.2) is 58.4 Å². The summed E-state index contributed by atoms with van der Waals surface area (Å²) >= 11 is 0. The first kappa shape index (κ1) is 20.3. The minimum absolute atomic E-state index is 0.0364. The van der Waals surface area contributed by atoms with Crippen LogP contribution in [0.5, 0.6) is 0 Å². The van der Waals surface area contributed by atoms with E-state index < -0.39 is 0 Å². The highest BCUT2D eigenvalue weighted by atomic mass is 16.2. The zero-order chi connectivity index (χ0) is 20.9. The molecule has 0 unspecified atom stereocenters. The number of pyridine rings is 1. The number of carbonyl (C=O) groups is 2. The van der Waals surface area contributed by atoms with E-state index in [1.807, 2.05) is 35.2 Å². The molecule has 0 spiro atoms. The van der Waals surface area contributed by atoms with Gasteiger partial charge >= 0.3 is 0 Å². The highest BCUT2D eigenvalue weighted by Gasteiger charge is 2.31. The summed E-state index contributed by atoms with van der Waals surface area (Å²) in [6, 6.07) is 12.9. The van der Waals surface area contributed by atoms with E-state index in [1.54, 1.807) is 0 Å². The van der Waals surface area contributed by atoms with Gasteiger partial charge in [0.25, 0.3) is 11.5 Å². The summed E-state index contributed by atoms with van der Waals surface area (Å²) in [7, 11) is 0. The fraction of sp³-hybridized carbons (Fsp3) is 0.435. The molecular formula is C23H28N4O3. The summed E-state index contributed by atoms with van der Waals surface area (Å²) < 4.78 is 1.34. The molecule has 0 aliphatic carbocycles. The van der Waals surface area contributed by atoms with Gasteiger partial charge < -0.3 is 14.8 Å². The van der Waals surface area contributed by atoms with E-state index in [9.17, 15) is 14.4 Å². The number of rotatable bonds is 5. The summed E-state index contributed by atoms with van der Waals surface area (Å²) in [5.41, 5.74) is 1.09. The number of carbonyl (C=O) groups excluding carboxylic acids is 2. The van der Waals surface area contributed by atoms with Crippen molar-refractivity contribution in [2.24, 2.45) is 0 Å². The fourth-order valence-electron chi connectivity index (χ4n) is 4.30. The van der Waals surface area contributed by atoms with Gasteiger partial charge in [0.2, 0.25) is 5.91 Å².